The Morgan fingerprint density at radius 1 is 1.18 bits per heavy atom. The lowest BCUT2D eigenvalue weighted by Crippen LogP contribution is -1.92. The quantitative estimate of drug-likeness (QED) is 0.721. The molecule has 1 N–H and O–H groups in total. The molecule has 0 bridgehead atoms. The number of hydrogen-bond donors (Lipinski definition) is 1. The average Bonchev–Trinajstić information content (AvgIpc) is 1.86. The van der Waals surface area contributed by atoms with Gasteiger partial charge in [0, 0.05) is 9.92 Å². The first-order valence-electron chi connectivity index (χ1n) is 3.21. The third-order valence-corrected chi connectivity index (χ3v) is 3.07. The minimum atomic E-state index is -1.58. The number of benzene rings is 1. The average molecular weight is 191 g/mol. The minimum Gasteiger partial charge on any atom is -0.348 e. The van der Waals surface area contributed by atoms with Gasteiger partial charge in [-0.15, -0.1) is 10.3 Å². The van der Waals surface area contributed by atoms with Crippen LogP contribution >= 0.6 is 21.9 Å². The molecular formula is C8H11ClOS. The second kappa shape index (κ2) is 3.05. The van der Waals surface area contributed by atoms with Crippen molar-refractivity contribution in [1.29, 1.82) is 0 Å². The van der Waals surface area contributed by atoms with Gasteiger partial charge < -0.3 is 4.55 Å². The Labute approximate surface area is 73.5 Å². The monoisotopic (exact) mass is 190 g/mol. The van der Waals surface area contributed by atoms with Crippen molar-refractivity contribution in [1.82, 2.24) is 0 Å². The molecular weight excluding hydrogens is 180 g/mol. The predicted octanol–water partition coefficient (Wildman–Crippen LogP) is 3.24. The van der Waals surface area contributed by atoms with Gasteiger partial charge in [-0.1, -0.05) is 11.6 Å². The predicted molar refractivity (Wildman–Crippen MR) is 51.8 cm³/mol. The van der Waals surface area contributed by atoms with Crippen molar-refractivity contribution >= 4 is 21.9 Å². The summed E-state index contributed by atoms with van der Waals surface area (Å²) in [7, 11) is -1.58. The zero-order valence-corrected chi connectivity index (χ0v) is 8.12. The van der Waals surface area contributed by atoms with Crippen molar-refractivity contribution in [2.75, 3.05) is 12.5 Å². The zero-order chi connectivity index (χ0) is 8.48. The van der Waals surface area contributed by atoms with Crippen molar-refractivity contribution in [3.8, 4) is 0 Å². The molecule has 0 fully saturated rings. The first-order valence-corrected chi connectivity index (χ1v) is 6.00. The molecule has 0 saturated carbocycles. The van der Waals surface area contributed by atoms with E-state index in [2.05, 4.69) is 0 Å². The summed E-state index contributed by atoms with van der Waals surface area (Å²) in [5.41, 5.74) is 0. The molecule has 0 heterocycles. The molecule has 0 radical (unpaired) electrons. The fourth-order valence-electron chi connectivity index (χ4n) is 0.768. The van der Waals surface area contributed by atoms with Gasteiger partial charge in [0.15, 0.2) is 0 Å². The van der Waals surface area contributed by atoms with Crippen LogP contribution in [0, 0.1) is 0 Å². The Bertz CT molecular complexity index is 237. The summed E-state index contributed by atoms with van der Waals surface area (Å²) < 4.78 is 9.62. The summed E-state index contributed by atoms with van der Waals surface area (Å²) in [6, 6.07) is 7.30. The highest BCUT2D eigenvalue weighted by Crippen LogP contribution is 2.44. The molecule has 1 aromatic carbocycles. The van der Waals surface area contributed by atoms with E-state index in [0.717, 1.165) is 4.90 Å². The van der Waals surface area contributed by atoms with Crippen LogP contribution in [-0.2, 0) is 0 Å². The van der Waals surface area contributed by atoms with E-state index in [1.165, 1.54) is 0 Å². The van der Waals surface area contributed by atoms with E-state index in [9.17, 15) is 4.55 Å². The molecule has 1 rings (SSSR count). The zero-order valence-electron chi connectivity index (χ0n) is 6.54. The van der Waals surface area contributed by atoms with Crippen molar-refractivity contribution in [2.24, 2.45) is 0 Å². The molecule has 0 atom stereocenters. The molecule has 0 aliphatic rings. The molecule has 0 spiro atoms. The second-order valence-corrected chi connectivity index (χ2v) is 6.18. The van der Waals surface area contributed by atoms with Crippen LogP contribution in [0.3, 0.4) is 0 Å². The lowest BCUT2D eigenvalue weighted by Gasteiger charge is -2.23. The van der Waals surface area contributed by atoms with Gasteiger partial charge in [-0.3, -0.25) is 0 Å². The molecule has 1 aromatic rings. The molecule has 62 valence electrons. The summed E-state index contributed by atoms with van der Waals surface area (Å²) in [5.74, 6) is 0. The highest BCUT2D eigenvalue weighted by molar-refractivity contribution is 8.28. The van der Waals surface area contributed by atoms with Crippen LogP contribution in [0.2, 0.25) is 5.02 Å². The summed E-state index contributed by atoms with van der Waals surface area (Å²) in [6.07, 6.45) is 3.66. The van der Waals surface area contributed by atoms with Crippen molar-refractivity contribution in [3.05, 3.63) is 29.3 Å². The fourth-order valence-corrected chi connectivity index (χ4v) is 1.70. The third-order valence-electron chi connectivity index (χ3n) is 1.39. The number of hydrogen-bond acceptors (Lipinski definition) is 1. The highest BCUT2D eigenvalue weighted by atomic mass is 35.5. The molecule has 0 saturated heterocycles. The van der Waals surface area contributed by atoms with Crippen molar-refractivity contribution in [2.45, 2.75) is 4.90 Å². The van der Waals surface area contributed by atoms with Gasteiger partial charge in [0.25, 0.3) is 0 Å². The Morgan fingerprint density at radius 2 is 1.64 bits per heavy atom. The van der Waals surface area contributed by atoms with E-state index in [1.807, 2.05) is 24.6 Å². The molecule has 0 aromatic heterocycles. The van der Waals surface area contributed by atoms with Crippen LogP contribution in [0.1, 0.15) is 0 Å². The maximum atomic E-state index is 9.62. The third kappa shape index (κ3) is 2.40. The standard InChI is InChI=1S/C8H11ClOS/c1-11(2,10)8-5-3-7(9)4-6-8/h3-6,10H,1-2H3. The topological polar surface area (TPSA) is 20.2 Å². The Balaban J connectivity index is 2.99. The lowest BCUT2D eigenvalue weighted by molar-refractivity contribution is 0.637. The van der Waals surface area contributed by atoms with Gasteiger partial charge in [0.2, 0.25) is 0 Å². The summed E-state index contributed by atoms with van der Waals surface area (Å²) in [4.78, 5) is 0.960. The fraction of sp³-hybridized carbons (Fsp3) is 0.250. The molecule has 0 amide bonds. The van der Waals surface area contributed by atoms with E-state index < -0.39 is 10.3 Å². The van der Waals surface area contributed by atoms with E-state index in [4.69, 9.17) is 11.6 Å². The van der Waals surface area contributed by atoms with Gasteiger partial charge in [-0.2, -0.15) is 0 Å². The molecule has 11 heavy (non-hydrogen) atoms. The van der Waals surface area contributed by atoms with E-state index in [-0.39, 0.29) is 0 Å². The van der Waals surface area contributed by atoms with Crippen LogP contribution in [0.25, 0.3) is 0 Å². The van der Waals surface area contributed by atoms with E-state index in [0.29, 0.717) is 5.02 Å². The maximum absolute atomic E-state index is 9.62. The molecule has 0 aliphatic carbocycles. The number of rotatable bonds is 1. The molecule has 0 aliphatic heterocycles. The van der Waals surface area contributed by atoms with Crippen molar-refractivity contribution < 1.29 is 4.55 Å². The van der Waals surface area contributed by atoms with Gasteiger partial charge in [0.05, 0.1) is 0 Å². The second-order valence-electron chi connectivity index (χ2n) is 2.73. The molecule has 0 unspecified atom stereocenters. The summed E-state index contributed by atoms with van der Waals surface area (Å²) >= 11 is 5.69. The summed E-state index contributed by atoms with van der Waals surface area (Å²) in [5, 5.41) is 0.706. The Hall–Kier alpha value is -0.180. The van der Waals surface area contributed by atoms with Gasteiger partial charge in [-0.05, 0) is 36.8 Å². The van der Waals surface area contributed by atoms with Crippen LogP contribution in [0.4, 0.5) is 0 Å². The van der Waals surface area contributed by atoms with Crippen molar-refractivity contribution in [3.63, 3.8) is 0 Å². The number of halogens is 1. The first kappa shape index (κ1) is 8.91. The first-order chi connectivity index (χ1) is 5.00. The van der Waals surface area contributed by atoms with Gasteiger partial charge in [-0.25, -0.2) is 0 Å². The molecule has 1 nitrogen and oxygen atoms in total. The minimum absolute atomic E-state index is 0.706. The van der Waals surface area contributed by atoms with Crippen LogP contribution in [0.5, 0.6) is 0 Å². The normalized spacial score (nSPS) is 13.1. The Morgan fingerprint density at radius 3 is 2.00 bits per heavy atom. The summed E-state index contributed by atoms with van der Waals surface area (Å²) in [6.45, 7) is 0. The van der Waals surface area contributed by atoms with E-state index >= 15 is 0 Å². The maximum Gasteiger partial charge on any atom is 0.0406 e. The highest BCUT2D eigenvalue weighted by Gasteiger charge is 2.08. The SMILES string of the molecule is CS(C)(O)c1ccc(Cl)cc1. The molecule has 3 heteroatoms. The van der Waals surface area contributed by atoms with Crippen LogP contribution < -0.4 is 0 Å². The largest absolute Gasteiger partial charge is 0.348 e. The lowest BCUT2D eigenvalue weighted by atomic mass is 10.4. The smallest absolute Gasteiger partial charge is 0.0406 e. The Kier molecular flexibility index (Phi) is 2.47. The van der Waals surface area contributed by atoms with E-state index in [1.54, 1.807) is 12.1 Å². The van der Waals surface area contributed by atoms with Crippen LogP contribution in [0.15, 0.2) is 29.2 Å². The van der Waals surface area contributed by atoms with Gasteiger partial charge >= 0.3 is 0 Å². The van der Waals surface area contributed by atoms with Crippen LogP contribution in [-0.4, -0.2) is 17.1 Å². The van der Waals surface area contributed by atoms with Gasteiger partial charge in [0.1, 0.15) is 0 Å².